The minimum absolute atomic E-state index is 0.474. The summed E-state index contributed by atoms with van der Waals surface area (Å²) >= 11 is 2.08. The van der Waals surface area contributed by atoms with Crippen molar-refractivity contribution < 1.29 is 0 Å². The fourth-order valence-corrected chi connectivity index (χ4v) is 13.0. The topological polar surface area (TPSA) is 3.24 Å². The Labute approximate surface area is 301 Å². The van der Waals surface area contributed by atoms with Gasteiger partial charge in [-0.1, -0.05) is 128 Å². The lowest BCUT2D eigenvalue weighted by atomic mass is 9.82. The van der Waals surface area contributed by atoms with E-state index in [0.29, 0.717) is 17.1 Å². The van der Waals surface area contributed by atoms with Gasteiger partial charge in [-0.05, 0) is 111 Å². The van der Waals surface area contributed by atoms with Crippen molar-refractivity contribution in [1.29, 1.82) is 0 Å². The van der Waals surface area contributed by atoms with Crippen LogP contribution in [0.1, 0.15) is 41.9 Å². The van der Waals surface area contributed by atoms with Crippen molar-refractivity contribution in [1.82, 2.24) is 0 Å². The van der Waals surface area contributed by atoms with Gasteiger partial charge in [0, 0.05) is 39.0 Å². The standard InChI is InChI=1S/C47H39NSSi/c1-50-44-29-28-41-40-15-7-8-17-43(40)49-47(41)46(44)42-27-26-37(30-45(42)50)48(35-22-18-32(19-23-35)31-10-3-2-4-11-31)36-24-20-34(21-25-36)39-16-9-13-33-12-5-6-14-38(33)39/h3,5-12,14-30,33,40,43,50H,2,4,13H2,1H3. The van der Waals surface area contributed by atoms with Gasteiger partial charge in [-0.2, -0.15) is 0 Å². The third kappa shape index (κ3) is 4.90. The highest BCUT2D eigenvalue weighted by Crippen LogP contribution is 2.52. The highest BCUT2D eigenvalue weighted by molar-refractivity contribution is 8.00. The van der Waals surface area contributed by atoms with Crippen LogP contribution >= 0.6 is 11.8 Å². The maximum Gasteiger partial charge on any atom is 0.101 e. The van der Waals surface area contributed by atoms with E-state index in [2.05, 4.69) is 181 Å². The van der Waals surface area contributed by atoms with Crippen LogP contribution < -0.4 is 15.3 Å². The summed E-state index contributed by atoms with van der Waals surface area (Å²) in [7, 11) is -1.37. The Bertz CT molecular complexity index is 2290. The second-order valence-electron chi connectivity index (χ2n) is 14.2. The summed E-state index contributed by atoms with van der Waals surface area (Å²) in [5.74, 6) is 0.964. The van der Waals surface area contributed by atoms with E-state index in [0.717, 1.165) is 19.3 Å². The molecule has 4 aliphatic carbocycles. The van der Waals surface area contributed by atoms with Gasteiger partial charge in [-0.3, -0.25) is 0 Å². The quantitative estimate of drug-likeness (QED) is 0.193. The van der Waals surface area contributed by atoms with Crippen LogP contribution in [0.3, 0.4) is 0 Å². The first kappa shape index (κ1) is 30.0. The van der Waals surface area contributed by atoms with Crippen molar-refractivity contribution in [3.8, 4) is 11.1 Å². The number of benzene rings is 4. The zero-order valence-corrected chi connectivity index (χ0v) is 30.3. The molecular formula is C47H39NSSi. The number of nitrogens with zero attached hydrogens (tertiary/aromatic N) is 1. The molecule has 0 amide bonds. The fraction of sp³-hybridized carbons (Fsp3) is 0.149. The summed E-state index contributed by atoms with van der Waals surface area (Å²) in [5.41, 5.74) is 14.7. The molecule has 0 N–H and O–H groups in total. The first-order valence-corrected chi connectivity index (χ1v) is 21.4. The van der Waals surface area contributed by atoms with E-state index in [4.69, 9.17) is 0 Å². The predicted molar refractivity (Wildman–Crippen MR) is 218 cm³/mol. The van der Waals surface area contributed by atoms with Crippen LogP contribution in [0.4, 0.5) is 17.1 Å². The lowest BCUT2D eigenvalue weighted by Crippen LogP contribution is -2.34. The molecule has 0 aromatic heterocycles. The first-order chi connectivity index (χ1) is 24.7. The largest absolute Gasteiger partial charge is 0.311 e. The van der Waals surface area contributed by atoms with Crippen LogP contribution in [0.2, 0.25) is 6.55 Å². The number of anilines is 3. The zero-order valence-electron chi connectivity index (χ0n) is 28.3. The molecule has 4 aromatic rings. The average Bonchev–Trinajstić information content (AvgIpc) is 3.70. The molecule has 0 fully saturated rings. The Kier molecular flexibility index (Phi) is 7.32. The highest BCUT2D eigenvalue weighted by Gasteiger charge is 2.38. The molecule has 4 aromatic carbocycles. The lowest BCUT2D eigenvalue weighted by molar-refractivity contribution is 0.784. The number of allylic oxidation sites excluding steroid dienone is 15. The van der Waals surface area contributed by atoms with Gasteiger partial charge in [-0.25, -0.2) is 0 Å². The van der Waals surface area contributed by atoms with Crippen LogP contribution in [0.5, 0.6) is 0 Å². The Morgan fingerprint density at radius 3 is 2.28 bits per heavy atom. The molecule has 3 heteroatoms. The average molecular weight is 678 g/mol. The number of rotatable bonds is 5. The fourth-order valence-electron chi connectivity index (χ4n) is 8.84. The Hall–Kier alpha value is -4.83. The molecule has 4 unspecified atom stereocenters. The van der Waals surface area contributed by atoms with Crippen molar-refractivity contribution in [3.05, 3.63) is 180 Å². The highest BCUT2D eigenvalue weighted by atomic mass is 32.2. The molecule has 0 bridgehead atoms. The van der Waals surface area contributed by atoms with Crippen molar-refractivity contribution in [3.63, 3.8) is 0 Å². The summed E-state index contributed by atoms with van der Waals surface area (Å²) in [6.45, 7) is 2.53. The zero-order chi connectivity index (χ0) is 33.2. The number of thioether (sulfide) groups is 1. The molecule has 242 valence electrons. The van der Waals surface area contributed by atoms with Gasteiger partial charge in [0.1, 0.15) is 8.80 Å². The molecule has 10 rings (SSSR count). The van der Waals surface area contributed by atoms with E-state index < -0.39 is 8.80 Å². The SMILES string of the molecule is C[SiH]1c2cc(N(c3ccc(C4=CCCC=C4)cc3)c3ccc(C4=C5C=CC=CC5CC=C4)cc3)ccc2-c2c1ccc1c2SC2C=CC=CC12. The second-order valence-corrected chi connectivity index (χ2v) is 18.1. The number of fused-ring (bicyclic) bond motifs is 8. The molecule has 2 heterocycles. The van der Waals surface area contributed by atoms with Gasteiger partial charge < -0.3 is 4.90 Å². The van der Waals surface area contributed by atoms with Crippen molar-refractivity contribution in [2.24, 2.45) is 5.92 Å². The summed E-state index contributed by atoms with van der Waals surface area (Å²) in [4.78, 5) is 3.98. The van der Waals surface area contributed by atoms with Crippen molar-refractivity contribution in [2.45, 2.75) is 41.9 Å². The molecule has 0 saturated heterocycles. The van der Waals surface area contributed by atoms with Crippen LogP contribution in [-0.4, -0.2) is 14.0 Å². The van der Waals surface area contributed by atoms with Crippen LogP contribution in [0.15, 0.2) is 168 Å². The van der Waals surface area contributed by atoms with E-state index in [1.54, 1.807) is 10.4 Å². The molecule has 4 atom stereocenters. The maximum absolute atomic E-state index is 2.53. The van der Waals surface area contributed by atoms with E-state index in [9.17, 15) is 0 Å². The van der Waals surface area contributed by atoms with Gasteiger partial charge in [0.25, 0.3) is 0 Å². The van der Waals surface area contributed by atoms with Crippen LogP contribution in [0, 0.1) is 5.92 Å². The van der Waals surface area contributed by atoms with Gasteiger partial charge in [-0.15, -0.1) is 11.8 Å². The third-order valence-electron chi connectivity index (χ3n) is 11.4. The Balaban J connectivity index is 1.06. The van der Waals surface area contributed by atoms with E-state index in [1.807, 2.05) is 0 Å². The summed E-state index contributed by atoms with van der Waals surface area (Å²) in [6, 6.07) is 30.7. The third-order valence-corrected chi connectivity index (χ3v) is 15.6. The van der Waals surface area contributed by atoms with Gasteiger partial charge in [0.2, 0.25) is 0 Å². The summed E-state index contributed by atoms with van der Waals surface area (Å²) in [6.07, 6.45) is 33.1. The minimum atomic E-state index is -1.37. The molecule has 0 saturated carbocycles. The first-order valence-electron chi connectivity index (χ1n) is 18.2. The van der Waals surface area contributed by atoms with Gasteiger partial charge in [0.15, 0.2) is 0 Å². The maximum atomic E-state index is 2.53. The summed E-state index contributed by atoms with van der Waals surface area (Å²) < 4.78 is 0. The second kappa shape index (κ2) is 12.2. The minimum Gasteiger partial charge on any atom is -0.311 e. The Morgan fingerprint density at radius 2 is 1.46 bits per heavy atom. The molecule has 0 spiro atoms. The molecule has 6 aliphatic rings. The smallest absolute Gasteiger partial charge is 0.101 e. The normalized spacial score (nSPS) is 23.3. The molecule has 0 radical (unpaired) electrons. The van der Waals surface area contributed by atoms with Gasteiger partial charge >= 0.3 is 0 Å². The van der Waals surface area contributed by atoms with E-state index in [1.165, 1.54) is 66.5 Å². The number of hydrogen-bond donors (Lipinski definition) is 0. The van der Waals surface area contributed by atoms with Crippen LogP contribution in [0.25, 0.3) is 22.3 Å². The monoisotopic (exact) mass is 677 g/mol. The molecule has 2 aliphatic heterocycles. The summed E-state index contributed by atoms with van der Waals surface area (Å²) in [5, 5.41) is 3.68. The lowest BCUT2D eigenvalue weighted by Gasteiger charge is -2.27. The van der Waals surface area contributed by atoms with E-state index in [-0.39, 0.29) is 0 Å². The Morgan fingerprint density at radius 1 is 0.680 bits per heavy atom. The van der Waals surface area contributed by atoms with E-state index >= 15 is 0 Å². The van der Waals surface area contributed by atoms with Gasteiger partial charge in [0.05, 0.1) is 0 Å². The van der Waals surface area contributed by atoms with Crippen molar-refractivity contribution in [2.75, 3.05) is 4.90 Å². The molecular weight excluding hydrogens is 639 g/mol. The van der Waals surface area contributed by atoms with Crippen molar-refractivity contribution >= 4 is 59.1 Å². The number of hydrogen-bond acceptors (Lipinski definition) is 2. The predicted octanol–water partition coefficient (Wildman–Crippen LogP) is 11.0. The van der Waals surface area contributed by atoms with Crippen LogP contribution in [-0.2, 0) is 0 Å². The molecule has 50 heavy (non-hydrogen) atoms. The molecule has 1 nitrogen and oxygen atoms in total.